The Morgan fingerprint density at radius 2 is 2.10 bits per heavy atom. The molecule has 1 aromatic heterocycles. The third-order valence-electron chi connectivity index (χ3n) is 1.00. The SMILES string of the molecule is Cn1[nH]c(=S)c(=O)[nH]c1=O. The molecule has 0 saturated carbocycles. The van der Waals surface area contributed by atoms with Crippen LogP contribution in [0.15, 0.2) is 9.59 Å². The van der Waals surface area contributed by atoms with Gasteiger partial charge in [-0.25, -0.2) is 9.48 Å². The highest BCUT2D eigenvalue weighted by Crippen LogP contribution is 1.62. The first-order valence-electron chi connectivity index (χ1n) is 2.51. The molecule has 0 unspecified atom stereocenters. The van der Waals surface area contributed by atoms with Crippen molar-refractivity contribution in [2.75, 3.05) is 0 Å². The standard InChI is InChI=1S/C4H5N3O2S/c1-7-4(9)5-2(8)3(10)6-7/h1H3,(H,6,10)(H,5,8,9). The fraction of sp³-hybridized carbons (Fsp3) is 0.250. The Morgan fingerprint density at radius 3 is 2.60 bits per heavy atom. The van der Waals surface area contributed by atoms with Gasteiger partial charge in [-0.1, -0.05) is 12.2 Å². The summed E-state index contributed by atoms with van der Waals surface area (Å²) in [6.45, 7) is 0. The molecule has 1 heterocycles. The maximum Gasteiger partial charge on any atom is 0.342 e. The quantitative estimate of drug-likeness (QED) is 0.483. The summed E-state index contributed by atoms with van der Waals surface area (Å²) in [5, 5.41) is 2.38. The van der Waals surface area contributed by atoms with Crippen LogP contribution >= 0.6 is 12.2 Å². The molecule has 2 N–H and O–H groups in total. The molecule has 0 aromatic carbocycles. The lowest BCUT2D eigenvalue weighted by molar-refractivity contribution is 0.659. The summed E-state index contributed by atoms with van der Waals surface area (Å²) in [5.74, 6) is 0. The lowest BCUT2D eigenvalue weighted by atomic mass is 10.8. The number of aromatic nitrogens is 3. The fourth-order valence-electron chi connectivity index (χ4n) is 0.492. The van der Waals surface area contributed by atoms with E-state index < -0.39 is 11.2 Å². The normalized spacial score (nSPS) is 9.70. The zero-order valence-corrected chi connectivity index (χ0v) is 5.99. The third-order valence-corrected chi connectivity index (χ3v) is 1.28. The van der Waals surface area contributed by atoms with E-state index in [9.17, 15) is 9.59 Å². The number of aromatic amines is 2. The van der Waals surface area contributed by atoms with Crippen LogP contribution < -0.4 is 11.2 Å². The summed E-state index contributed by atoms with van der Waals surface area (Å²) in [5.41, 5.74) is -1.06. The van der Waals surface area contributed by atoms with Gasteiger partial charge in [-0.2, -0.15) is 0 Å². The number of rotatable bonds is 0. The van der Waals surface area contributed by atoms with E-state index in [1.807, 2.05) is 4.98 Å². The molecule has 0 amide bonds. The van der Waals surface area contributed by atoms with Crippen LogP contribution in [0.1, 0.15) is 0 Å². The summed E-state index contributed by atoms with van der Waals surface area (Å²) in [6, 6.07) is 0. The molecule has 0 saturated heterocycles. The molecule has 1 rings (SSSR count). The highest BCUT2D eigenvalue weighted by molar-refractivity contribution is 7.71. The van der Waals surface area contributed by atoms with Crippen LogP contribution in [0.3, 0.4) is 0 Å². The second kappa shape index (κ2) is 2.22. The van der Waals surface area contributed by atoms with Gasteiger partial charge in [-0.3, -0.25) is 14.9 Å². The molecule has 0 aliphatic carbocycles. The van der Waals surface area contributed by atoms with E-state index in [0.29, 0.717) is 0 Å². The highest BCUT2D eigenvalue weighted by Gasteiger charge is 1.90. The van der Waals surface area contributed by atoms with Crippen molar-refractivity contribution in [2.24, 2.45) is 7.05 Å². The van der Waals surface area contributed by atoms with Gasteiger partial charge in [0.1, 0.15) is 0 Å². The van der Waals surface area contributed by atoms with Crippen LogP contribution in [0.4, 0.5) is 0 Å². The van der Waals surface area contributed by atoms with Gasteiger partial charge < -0.3 is 0 Å². The van der Waals surface area contributed by atoms with Crippen molar-refractivity contribution in [3.05, 3.63) is 25.5 Å². The minimum atomic E-state index is -0.557. The maximum atomic E-state index is 10.6. The molecule has 0 spiro atoms. The molecule has 0 radical (unpaired) electrons. The molecule has 10 heavy (non-hydrogen) atoms. The largest absolute Gasteiger partial charge is 0.342 e. The molecular formula is C4H5N3O2S. The minimum Gasteiger partial charge on any atom is -0.280 e. The molecule has 0 aliphatic rings. The predicted molar refractivity (Wildman–Crippen MR) is 37.5 cm³/mol. The van der Waals surface area contributed by atoms with Crippen LogP contribution in [0.5, 0.6) is 0 Å². The zero-order chi connectivity index (χ0) is 7.72. The van der Waals surface area contributed by atoms with Crippen LogP contribution in [0.2, 0.25) is 0 Å². The van der Waals surface area contributed by atoms with E-state index in [4.69, 9.17) is 0 Å². The lowest BCUT2D eigenvalue weighted by Gasteiger charge is -1.92. The van der Waals surface area contributed by atoms with Gasteiger partial charge in [0.25, 0.3) is 5.56 Å². The summed E-state index contributed by atoms with van der Waals surface area (Å²) >= 11 is 4.54. The van der Waals surface area contributed by atoms with E-state index in [2.05, 4.69) is 17.3 Å². The average Bonchev–Trinajstić information content (AvgIpc) is 1.84. The molecular weight excluding hydrogens is 154 g/mol. The number of H-pyrrole nitrogens is 2. The first-order valence-corrected chi connectivity index (χ1v) is 2.92. The van der Waals surface area contributed by atoms with Gasteiger partial charge in [0.05, 0.1) is 0 Å². The van der Waals surface area contributed by atoms with Crippen molar-refractivity contribution in [1.29, 1.82) is 0 Å². The van der Waals surface area contributed by atoms with Crippen LogP contribution in [0.25, 0.3) is 0 Å². The van der Waals surface area contributed by atoms with E-state index >= 15 is 0 Å². The van der Waals surface area contributed by atoms with E-state index in [0.717, 1.165) is 4.68 Å². The molecule has 6 heteroatoms. The number of nitrogens with one attached hydrogen (secondary N) is 2. The van der Waals surface area contributed by atoms with Crippen molar-refractivity contribution in [2.45, 2.75) is 0 Å². The van der Waals surface area contributed by atoms with Crippen molar-refractivity contribution in [3.8, 4) is 0 Å². The third kappa shape index (κ3) is 1.06. The summed E-state index contributed by atoms with van der Waals surface area (Å²) in [7, 11) is 1.47. The molecule has 0 atom stereocenters. The predicted octanol–water partition coefficient (Wildman–Crippen LogP) is -0.869. The maximum absolute atomic E-state index is 10.6. The second-order valence-corrected chi connectivity index (χ2v) is 2.17. The first-order chi connectivity index (χ1) is 4.61. The topological polar surface area (TPSA) is 70.7 Å². The monoisotopic (exact) mass is 159 g/mol. The Balaban J connectivity index is 3.76. The molecule has 0 bridgehead atoms. The molecule has 0 aliphatic heterocycles. The summed E-state index contributed by atoms with van der Waals surface area (Å²) in [4.78, 5) is 23.2. The Morgan fingerprint density at radius 1 is 1.50 bits per heavy atom. The van der Waals surface area contributed by atoms with E-state index in [1.54, 1.807) is 0 Å². The van der Waals surface area contributed by atoms with Crippen LogP contribution in [-0.2, 0) is 7.05 Å². The average molecular weight is 159 g/mol. The Kier molecular flexibility index (Phi) is 1.54. The van der Waals surface area contributed by atoms with Gasteiger partial charge >= 0.3 is 5.69 Å². The lowest BCUT2D eigenvalue weighted by Crippen LogP contribution is -2.30. The molecule has 5 nitrogen and oxygen atoms in total. The number of hydrogen-bond acceptors (Lipinski definition) is 3. The Hall–Kier alpha value is -1.17. The zero-order valence-electron chi connectivity index (χ0n) is 5.17. The van der Waals surface area contributed by atoms with Gasteiger partial charge in [0.2, 0.25) is 0 Å². The number of hydrogen-bond donors (Lipinski definition) is 2. The van der Waals surface area contributed by atoms with Crippen LogP contribution in [-0.4, -0.2) is 14.8 Å². The van der Waals surface area contributed by atoms with Gasteiger partial charge in [0, 0.05) is 7.05 Å². The van der Waals surface area contributed by atoms with Crippen molar-refractivity contribution >= 4 is 12.2 Å². The van der Waals surface area contributed by atoms with Crippen molar-refractivity contribution < 1.29 is 0 Å². The smallest absolute Gasteiger partial charge is 0.280 e. The van der Waals surface area contributed by atoms with E-state index in [1.165, 1.54) is 7.05 Å². The Bertz CT molecular complexity index is 398. The highest BCUT2D eigenvalue weighted by atomic mass is 32.1. The number of nitrogens with zero attached hydrogens (tertiary/aromatic N) is 1. The molecule has 0 fully saturated rings. The summed E-state index contributed by atoms with van der Waals surface area (Å²) in [6.07, 6.45) is 0. The van der Waals surface area contributed by atoms with Crippen molar-refractivity contribution in [3.63, 3.8) is 0 Å². The second-order valence-electron chi connectivity index (χ2n) is 1.76. The van der Waals surface area contributed by atoms with Gasteiger partial charge in [-0.15, -0.1) is 0 Å². The van der Waals surface area contributed by atoms with Gasteiger partial charge in [0.15, 0.2) is 4.64 Å². The minimum absolute atomic E-state index is 0.00194. The van der Waals surface area contributed by atoms with E-state index in [-0.39, 0.29) is 4.64 Å². The fourth-order valence-corrected chi connectivity index (χ4v) is 0.680. The van der Waals surface area contributed by atoms with Crippen molar-refractivity contribution in [1.82, 2.24) is 14.8 Å². The number of aryl methyl sites for hydroxylation is 1. The Labute approximate surface area is 60.3 Å². The van der Waals surface area contributed by atoms with Gasteiger partial charge in [-0.05, 0) is 0 Å². The summed E-state index contributed by atoms with van der Waals surface area (Å²) < 4.78 is 1.10. The molecule has 54 valence electrons. The van der Waals surface area contributed by atoms with Crippen LogP contribution in [0, 0.1) is 4.64 Å². The molecule has 1 aromatic rings. The first kappa shape index (κ1) is 6.94.